The zero-order valence-corrected chi connectivity index (χ0v) is 19.2. The van der Waals surface area contributed by atoms with Gasteiger partial charge >= 0.3 is 0 Å². The van der Waals surface area contributed by atoms with Crippen molar-refractivity contribution in [1.29, 1.82) is 0 Å². The maximum atomic E-state index is 2.86. The molecule has 27 heavy (non-hydrogen) atoms. The number of fused-ring (bicyclic) bond motifs is 1. The first-order valence-electron chi connectivity index (χ1n) is 10.3. The quantitative estimate of drug-likeness (QED) is 0.718. The van der Waals surface area contributed by atoms with Gasteiger partial charge in [-0.15, -0.1) is 0 Å². The van der Waals surface area contributed by atoms with Crippen molar-refractivity contribution < 1.29 is 0 Å². The molecule has 0 aromatic heterocycles. The van der Waals surface area contributed by atoms with Crippen LogP contribution in [0.25, 0.3) is 5.70 Å². The highest BCUT2D eigenvalue weighted by molar-refractivity contribution is 7.10. The number of rotatable bonds is 3. The predicted molar refractivity (Wildman–Crippen MR) is 122 cm³/mol. The Labute approximate surface area is 166 Å². The van der Waals surface area contributed by atoms with Gasteiger partial charge in [0.05, 0.1) is 5.70 Å². The van der Waals surface area contributed by atoms with Crippen LogP contribution in [0.2, 0.25) is 26.2 Å². The average molecular weight is 393 g/mol. The van der Waals surface area contributed by atoms with Crippen LogP contribution >= 0.6 is 0 Å². The number of likely N-dealkylation sites (tertiary alicyclic amines) is 1. The Bertz CT molecular complexity index is 801. The van der Waals surface area contributed by atoms with E-state index in [9.17, 15) is 0 Å². The maximum Gasteiger partial charge on any atom is 0.173 e. The number of piperidine rings is 1. The van der Waals surface area contributed by atoms with E-state index < -0.39 is 16.5 Å². The summed E-state index contributed by atoms with van der Waals surface area (Å²) >= 11 is 0. The van der Waals surface area contributed by atoms with Crippen LogP contribution in [0.3, 0.4) is 0 Å². The van der Waals surface area contributed by atoms with Crippen LogP contribution in [-0.4, -0.2) is 38.7 Å². The lowest BCUT2D eigenvalue weighted by molar-refractivity contribution is 0.324. The first kappa shape index (κ1) is 18.6. The van der Waals surface area contributed by atoms with E-state index >= 15 is 0 Å². The molecule has 1 saturated heterocycles. The summed E-state index contributed by atoms with van der Waals surface area (Å²) in [7, 11) is -3.39. The van der Waals surface area contributed by atoms with Gasteiger partial charge < -0.3 is 9.13 Å². The summed E-state index contributed by atoms with van der Waals surface area (Å²) < 4.78 is 2.86. The van der Waals surface area contributed by atoms with Gasteiger partial charge in [0, 0.05) is 19.3 Å². The molecule has 0 bridgehead atoms. The Morgan fingerprint density at radius 1 is 0.741 bits per heavy atom. The van der Waals surface area contributed by atoms with E-state index in [1.807, 2.05) is 0 Å². The Morgan fingerprint density at radius 3 is 1.81 bits per heavy atom. The molecular weight excluding hydrogens is 360 g/mol. The van der Waals surface area contributed by atoms with E-state index in [2.05, 4.69) is 96.1 Å². The molecule has 2 nitrogen and oxygen atoms in total. The second-order valence-electron chi connectivity index (χ2n) is 8.96. The minimum atomic E-state index is -1.69. The molecule has 0 amide bonds. The zero-order valence-electron chi connectivity index (χ0n) is 17.2. The summed E-state index contributed by atoms with van der Waals surface area (Å²) in [4.78, 5) is 2.64. The SMILES string of the molecule is C[Si]1(C)c2ccccc2[Si](C)(C)N1/C=C(/c1ccccc1)N1CCCCC1. The monoisotopic (exact) mass is 392 g/mol. The first-order chi connectivity index (χ1) is 12.9. The van der Waals surface area contributed by atoms with Crippen LogP contribution in [0.5, 0.6) is 0 Å². The summed E-state index contributed by atoms with van der Waals surface area (Å²) in [5.74, 6) is 0. The third-order valence-electron chi connectivity index (χ3n) is 6.47. The topological polar surface area (TPSA) is 6.48 Å². The molecule has 2 aliphatic rings. The van der Waals surface area contributed by atoms with Crippen LogP contribution in [0.4, 0.5) is 0 Å². The van der Waals surface area contributed by atoms with Crippen molar-refractivity contribution in [3.05, 3.63) is 66.4 Å². The minimum absolute atomic E-state index is 1.19. The standard InChI is InChI=1S/C23H32N2Si2/c1-26(2)22-15-9-10-16-23(22)27(3,4)25(26)19-21(20-13-7-5-8-14-20)24-17-11-6-12-18-24/h5,7-10,13-16,19H,6,11-12,17-18H2,1-4H3/b21-19-. The fourth-order valence-electron chi connectivity index (χ4n) is 5.04. The normalized spacial score (nSPS) is 21.3. The number of hydrogen-bond acceptors (Lipinski definition) is 2. The van der Waals surface area contributed by atoms with E-state index in [-0.39, 0.29) is 0 Å². The lowest BCUT2D eigenvalue weighted by Crippen LogP contribution is -2.57. The second kappa shape index (κ2) is 6.99. The third kappa shape index (κ3) is 3.19. The van der Waals surface area contributed by atoms with Crippen LogP contribution in [0.1, 0.15) is 24.8 Å². The zero-order chi connectivity index (χ0) is 19.1. The van der Waals surface area contributed by atoms with Gasteiger partial charge in [0.25, 0.3) is 0 Å². The van der Waals surface area contributed by atoms with E-state index in [1.54, 1.807) is 10.4 Å². The van der Waals surface area contributed by atoms with Crippen molar-refractivity contribution in [2.45, 2.75) is 45.5 Å². The van der Waals surface area contributed by atoms with Crippen LogP contribution < -0.4 is 10.4 Å². The van der Waals surface area contributed by atoms with Crippen LogP contribution in [-0.2, 0) is 0 Å². The van der Waals surface area contributed by atoms with Crippen LogP contribution in [0, 0.1) is 0 Å². The third-order valence-corrected chi connectivity index (χ3v) is 16.2. The molecule has 142 valence electrons. The van der Waals surface area contributed by atoms with E-state index in [1.165, 1.54) is 43.6 Å². The van der Waals surface area contributed by atoms with Crippen molar-refractivity contribution in [1.82, 2.24) is 9.13 Å². The summed E-state index contributed by atoms with van der Waals surface area (Å²) in [6.45, 7) is 12.5. The second-order valence-corrected chi connectivity index (χ2v) is 17.7. The summed E-state index contributed by atoms with van der Waals surface area (Å²) in [5, 5.41) is 3.29. The largest absolute Gasteiger partial charge is 0.422 e. The molecule has 0 saturated carbocycles. The van der Waals surface area contributed by atoms with Crippen molar-refractivity contribution >= 4 is 32.5 Å². The molecule has 2 aliphatic heterocycles. The number of hydrogen-bond donors (Lipinski definition) is 0. The highest BCUT2D eigenvalue weighted by Gasteiger charge is 2.50. The van der Waals surface area contributed by atoms with Gasteiger partial charge in [0.15, 0.2) is 16.5 Å². The highest BCUT2D eigenvalue weighted by Crippen LogP contribution is 2.31. The fourth-order valence-corrected chi connectivity index (χ4v) is 17.1. The van der Waals surface area contributed by atoms with Gasteiger partial charge in [-0.2, -0.15) is 0 Å². The lowest BCUT2D eigenvalue weighted by atomic mass is 10.1. The molecule has 1 fully saturated rings. The van der Waals surface area contributed by atoms with Crippen molar-refractivity contribution in [2.75, 3.05) is 13.1 Å². The molecule has 0 radical (unpaired) electrons. The molecule has 2 aromatic rings. The van der Waals surface area contributed by atoms with Gasteiger partial charge in [0.2, 0.25) is 0 Å². The van der Waals surface area contributed by atoms with Gasteiger partial charge in [-0.05, 0) is 61.4 Å². The molecule has 0 spiro atoms. The smallest absolute Gasteiger partial charge is 0.173 e. The average Bonchev–Trinajstić information content (AvgIpc) is 2.84. The molecule has 4 rings (SSSR count). The van der Waals surface area contributed by atoms with E-state index in [4.69, 9.17) is 0 Å². The van der Waals surface area contributed by atoms with E-state index in [0.717, 1.165) is 0 Å². The molecule has 2 aromatic carbocycles. The summed E-state index contributed by atoms with van der Waals surface area (Å²) in [6, 6.07) is 20.3. The summed E-state index contributed by atoms with van der Waals surface area (Å²) in [6.07, 6.45) is 6.56. The maximum absolute atomic E-state index is 2.86. The minimum Gasteiger partial charge on any atom is -0.422 e. The van der Waals surface area contributed by atoms with Gasteiger partial charge in [-0.3, -0.25) is 0 Å². The molecule has 4 heteroatoms. The Balaban J connectivity index is 1.83. The molecule has 0 atom stereocenters. The molecule has 0 unspecified atom stereocenters. The molecule has 2 heterocycles. The predicted octanol–water partition coefficient (Wildman–Crippen LogP) is 4.31. The Hall–Kier alpha value is -1.79. The fraction of sp³-hybridized carbons (Fsp3) is 0.391. The van der Waals surface area contributed by atoms with Crippen molar-refractivity contribution in [3.8, 4) is 0 Å². The van der Waals surface area contributed by atoms with Crippen molar-refractivity contribution in [3.63, 3.8) is 0 Å². The van der Waals surface area contributed by atoms with Gasteiger partial charge in [-0.25, -0.2) is 0 Å². The Kier molecular flexibility index (Phi) is 4.81. The summed E-state index contributed by atoms with van der Waals surface area (Å²) in [5.41, 5.74) is 2.80. The van der Waals surface area contributed by atoms with Crippen molar-refractivity contribution in [2.24, 2.45) is 0 Å². The van der Waals surface area contributed by atoms with E-state index in [0.29, 0.717) is 0 Å². The lowest BCUT2D eigenvalue weighted by Gasteiger charge is -2.41. The highest BCUT2D eigenvalue weighted by atomic mass is 28.4. The van der Waals surface area contributed by atoms with Crippen LogP contribution in [0.15, 0.2) is 60.8 Å². The van der Waals surface area contributed by atoms with Gasteiger partial charge in [0.1, 0.15) is 0 Å². The molecule has 0 N–H and O–H groups in total. The number of nitrogens with zero attached hydrogens (tertiary/aromatic N) is 2. The van der Waals surface area contributed by atoms with Gasteiger partial charge in [-0.1, -0.05) is 54.6 Å². The Morgan fingerprint density at radius 2 is 1.26 bits per heavy atom. The molecular formula is C23H32N2Si2. The first-order valence-corrected chi connectivity index (χ1v) is 16.2. The number of benzene rings is 2. The molecule has 0 aliphatic carbocycles.